The summed E-state index contributed by atoms with van der Waals surface area (Å²) in [5.74, 6) is 0.951. The normalized spacial score (nSPS) is 14.5. The molecule has 1 heteroatoms. The van der Waals surface area contributed by atoms with Gasteiger partial charge in [-0.3, -0.25) is 4.79 Å². The van der Waals surface area contributed by atoms with Gasteiger partial charge in [0.1, 0.15) is 6.29 Å². The van der Waals surface area contributed by atoms with Crippen molar-refractivity contribution >= 4 is 6.29 Å². The van der Waals surface area contributed by atoms with Crippen molar-refractivity contribution in [3.63, 3.8) is 0 Å². The Kier molecular flexibility index (Phi) is 7.45. The molecule has 0 fully saturated rings. The van der Waals surface area contributed by atoms with Crippen LogP contribution in [0.15, 0.2) is 11.6 Å². The lowest BCUT2D eigenvalue weighted by Gasteiger charge is -2.15. The molecule has 0 aliphatic carbocycles. The Morgan fingerprint density at radius 3 is 2.29 bits per heavy atom. The molecular weight excluding hydrogens is 172 g/mol. The topological polar surface area (TPSA) is 17.1 Å². The number of hydrogen-bond acceptors (Lipinski definition) is 1. The van der Waals surface area contributed by atoms with Crippen molar-refractivity contribution in [1.82, 2.24) is 0 Å². The van der Waals surface area contributed by atoms with Gasteiger partial charge in [-0.1, -0.05) is 46.6 Å². The van der Waals surface area contributed by atoms with Crippen molar-refractivity contribution in [3.8, 4) is 0 Å². The van der Waals surface area contributed by atoms with Crippen LogP contribution >= 0.6 is 0 Å². The molecule has 0 heterocycles. The van der Waals surface area contributed by atoms with Crippen molar-refractivity contribution in [1.29, 1.82) is 0 Å². The van der Waals surface area contributed by atoms with Gasteiger partial charge in [0.15, 0.2) is 0 Å². The highest BCUT2D eigenvalue weighted by Gasteiger charge is 2.11. The summed E-state index contributed by atoms with van der Waals surface area (Å²) >= 11 is 0. The monoisotopic (exact) mass is 196 g/mol. The molecule has 1 unspecified atom stereocenters. The van der Waals surface area contributed by atoms with Gasteiger partial charge in [-0.2, -0.15) is 0 Å². The second kappa shape index (κ2) is 7.78. The number of allylic oxidation sites excluding steroid dienone is 2. The maximum Gasteiger partial charge on any atom is 0.145 e. The third-order valence-electron chi connectivity index (χ3n) is 2.85. The molecule has 1 atom stereocenters. The Morgan fingerprint density at radius 1 is 1.21 bits per heavy atom. The highest BCUT2D eigenvalue weighted by Crippen LogP contribution is 2.19. The number of unbranched alkanes of at least 4 members (excludes halogenated alkanes) is 3. The lowest BCUT2D eigenvalue weighted by molar-refractivity contribution is -0.105. The molecule has 0 spiro atoms. The van der Waals surface area contributed by atoms with E-state index in [0.29, 0.717) is 11.8 Å². The van der Waals surface area contributed by atoms with Crippen molar-refractivity contribution in [2.45, 2.75) is 53.4 Å². The van der Waals surface area contributed by atoms with Crippen LogP contribution in [-0.4, -0.2) is 6.29 Å². The van der Waals surface area contributed by atoms with E-state index < -0.39 is 0 Å². The van der Waals surface area contributed by atoms with Gasteiger partial charge in [0, 0.05) is 0 Å². The zero-order chi connectivity index (χ0) is 11.0. The summed E-state index contributed by atoms with van der Waals surface area (Å²) in [5.41, 5.74) is 0.983. The minimum atomic E-state index is 0.397. The first-order valence-corrected chi connectivity index (χ1v) is 5.78. The highest BCUT2D eigenvalue weighted by atomic mass is 16.1. The summed E-state index contributed by atoms with van der Waals surface area (Å²) in [7, 11) is 0. The molecule has 0 saturated carbocycles. The molecule has 0 bridgehead atoms. The second-order valence-electron chi connectivity index (χ2n) is 4.35. The number of carbonyl (C=O) groups excluding carboxylic acids is 1. The molecular formula is C13H24O. The molecule has 1 nitrogen and oxygen atoms in total. The van der Waals surface area contributed by atoms with E-state index in [2.05, 4.69) is 33.8 Å². The van der Waals surface area contributed by atoms with Crippen molar-refractivity contribution < 1.29 is 4.79 Å². The Bertz CT molecular complexity index is 180. The van der Waals surface area contributed by atoms with Crippen molar-refractivity contribution in [3.05, 3.63) is 11.6 Å². The van der Waals surface area contributed by atoms with Crippen LogP contribution in [0.3, 0.4) is 0 Å². The molecule has 82 valence electrons. The molecule has 0 rings (SSSR count). The lowest BCUT2D eigenvalue weighted by Crippen LogP contribution is -2.08. The van der Waals surface area contributed by atoms with E-state index in [1.165, 1.54) is 19.3 Å². The standard InChI is InChI=1S/C13H24O/c1-5-6-7-8-9-13(10-14)12(4)11(2)3/h9-12H,5-8H2,1-4H3/b13-9+. The summed E-state index contributed by atoms with van der Waals surface area (Å²) in [6, 6.07) is 0. The van der Waals surface area contributed by atoms with E-state index in [0.717, 1.165) is 18.3 Å². The Hall–Kier alpha value is -0.590. The van der Waals surface area contributed by atoms with Crippen LogP contribution in [-0.2, 0) is 4.79 Å². The second-order valence-corrected chi connectivity index (χ2v) is 4.35. The first-order chi connectivity index (χ1) is 6.63. The summed E-state index contributed by atoms with van der Waals surface area (Å²) in [4.78, 5) is 10.8. The average Bonchev–Trinajstić information content (AvgIpc) is 2.17. The molecule has 14 heavy (non-hydrogen) atoms. The van der Waals surface area contributed by atoms with E-state index >= 15 is 0 Å². The third kappa shape index (κ3) is 5.21. The van der Waals surface area contributed by atoms with Crippen LogP contribution in [0.2, 0.25) is 0 Å². The maximum atomic E-state index is 10.8. The van der Waals surface area contributed by atoms with Gasteiger partial charge < -0.3 is 0 Å². The summed E-state index contributed by atoms with van der Waals surface area (Å²) in [6.07, 6.45) is 7.91. The van der Waals surface area contributed by atoms with Crippen LogP contribution in [0, 0.1) is 11.8 Å². The number of carbonyl (C=O) groups is 1. The predicted molar refractivity (Wildman–Crippen MR) is 62.3 cm³/mol. The highest BCUT2D eigenvalue weighted by molar-refractivity contribution is 5.73. The van der Waals surface area contributed by atoms with Gasteiger partial charge in [-0.05, 0) is 30.3 Å². The zero-order valence-corrected chi connectivity index (χ0v) is 10.0. The molecule has 0 amide bonds. The van der Waals surface area contributed by atoms with Crippen LogP contribution < -0.4 is 0 Å². The molecule has 0 N–H and O–H groups in total. The van der Waals surface area contributed by atoms with E-state index in [9.17, 15) is 4.79 Å². The van der Waals surface area contributed by atoms with E-state index in [1.54, 1.807) is 0 Å². The number of rotatable bonds is 7. The minimum Gasteiger partial charge on any atom is -0.298 e. The molecule has 0 aromatic rings. The van der Waals surface area contributed by atoms with Crippen LogP contribution in [0.5, 0.6) is 0 Å². The Balaban J connectivity index is 4.04. The summed E-state index contributed by atoms with van der Waals surface area (Å²) < 4.78 is 0. The van der Waals surface area contributed by atoms with Gasteiger partial charge in [0.25, 0.3) is 0 Å². The van der Waals surface area contributed by atoms with Crippen LogP contribution in [0.4, 0.5) is 0 Å². The summed E-state index contributed by atoms with van der Waals surface area (Å²) in [5, 5.41) is 0. The molecule has 0 saturated heterocycles. The minimum absolute atomic E-state index is 0.397. The van der Waals surface area contributed by atoms with Gasteiger partial charge >= 0.3 is 0 Å². The zero-order valence-electron chi connectivity index (χ0n) is 10.0. The van der Waals surface area contributed by atoms with Crippen molar-refractivity contribution in [2.24, 2.45) is 11.8 Å². The number of hydrogen-bond donors (Lipinski definition) is 0. The molecule has 0 aromatic heterocycles. The number of aldehydes is 1. The largest absolute Gasteiger partial charge is 0.298 e. The fourth-order valence-electron chi connectivity index (χ4n) is 1.39. The fourth-order valence-corrected chi connectivity index (χ4v) is 1.39. The van der Waals surface area contributed by atoms with Crippen molar-refractivity contribution in [2.75, 3.05) is 0 Å². The van der Waals surface area contributed by atoms with Crippen LogP contribution in [0.25, 0.3) is 0 Å². The van der Waals surface area contributed by atoms with Gasteiger partial charge in [0.05, 0.1) is 0 Å². The lowest BCUT2D eigenvalue weighted by atomic mass is 9.90. The molecule has 0 aliphatic rings. The van der Waals surface area contributed by atoms with Gasteiger partial charge in [0.2, 0.25) is 0 Å². The quantitative estimate of drug-likeness (QED) is 0.342. The van der Waals surface area contributed by atoms with E-state index in [-0.39, 0.29) is 0 Å². The average molecular weight is 196 g/mol. The summed E-state index contributed by atoms with van der Waals surface area (Å²) in [6.45, 7) is 8.65. The van der Waals surface area contributed by atoms with E-state index in [1.807, 2.05) is 0 Å². The smallest absolute Gasteiger partial charge is 0.145 e. The van der Waals surface area contributed by atoms with E-state index in [4.69, 9.17) is 0 Å². The van der Waals surface area contributed by atoms with Gasteiger partial charge in [-0.25, -0.2) is 0 Å². The van der Waals surface area contributed by atoms with Crippen LogP contribution in [0.1, 0.15) is 53.4 Å². The third-order valence-corrected chi connectivity index (χ3v) is 2.85. The molecule has 0 radical (unpaired) electrons. The predicted octanol–water partition coefficient (Wildman–Crippen LogP) is 3.98. The maximum absolute atomic E-state index is 10.8. The van der Waals surface area contributed by atoms with Gasteiger partial charge in [-0.15, -0.1) is 0 Å². The SMILES string of the molecule is CCCCC/C=C(\C=O)C(C)C(C)C. The first-order valence-electron chi connectivity index (χ1n) is 5.78. The fraction of sp³-hybridized carbons (Fsp3) is 0.769. The molecule has 0 aromatic carbocycles. The Morgan fingerprint density at radius 2 is 1.86 bits per heavy atom. The Labute approximate surface area is 88.6 Å². The molecule has 0 aliphatic heterocycles. The first kappa shape index (κ1) is 13.4.